The SMILES string of the molecule is COc1ccccc1OCC(=O)NCCSCc1ccc(Br)cc1. The van der Waals surface area contributed by atoms with E-state index < -0.39 is 0 Å². The Kier molecular flexibility index (Phi) is 7.98. The van der Waals surface area contributed by atoms with Crippen molar-refractivity contribution in [3.8, 4) is 11.5 Å². The predicted octanol–water partition coefficient (Wildman–Crippen LogP) is 3.89. The lowest BCUT2D eigenvalue weighted by atomic mass is 10.2. The zero-order valence-corrected chi connectivity index (χ0v) is 15.9. The van der Waals surface area contributed by atoms with Crippen LogP contribution in [0.5, 0.6) is 11.5 Å². The lowest BCUT2D eigenvalue weighted by Crippen LogP contribution is -2.30. The van der Waals surface area contributed by atoms with Crippen molar-refractivity contribution in [2.75, 3.05) is 26.0 Å². The molecule has 2 aromatic carbocycles. The van der Waals surface area contributed by atoms with E-state index in [9.17, 15) is 4.79 Å². The molecule has 2 aromatic rings. The van der Waals surface area contributed by atoms with E-state index in [1.807, 2.05) is 24.3 Å². The molecule has 6 heteroatoms. The number of hydrogen-bond donors (Lipinski definition) is 1. The minimum atomic E-state index is -0.134. The second-order valence-electron chi connectivity index (χ2n) is 4.97. The molecule has 2 rings (SSSR count). The van der Waals surface area contributed by atoms with Crippen LogP contribution in [0.1, 0.15) is 5.56 Å². The number of carbonyl (C=O) groups is 1. The third kappa shape index (κ3) is 6.45. The Balaban J connectivity index is 1.60. The van der Waals surface area contributed by atoms with Crippen LogP contribution in [0.15, 0.2) is 53.0 Å². The van der Waals surface area contributed by atoms with Crippen LogP contribution in [0.4, 0.5) is 0 Å². The number of nitrogens with one attached hydrogen (secondary N) is 1. The molecule has 1 amide bonds. The standard InChI is InChI=1S/C18H20BrNO3S/c1-22-16-4-2-3-5-17(16)23-12-18(21)20-10-11-24-13-14-6-8-15(19)9-7-14/h2-9H,10-13H2,1H3,(H,20,21). The summed E-state index contributed by atoms with van der Waals surface area (Å²) < 4.78 is 11.7. The van der Waals surface area contributed by atoms with Gasteiger partial charge in [0.15, 0.2) is 18.1 Å². The first-order valence-electron chi connectivity index (χ1n) is 7.54. The van der Waals surface area contributed by atoms with Crippen LogP contribution < -0.4 is 14.8 Å². The number of rotatable bonds is 9. The Bertz CT molecular complexity index is 649. The molecule has 24 heavy (non-hydrogen) atoms. The van der Waals surface area contributed by atoms with E-state index >= 15 is 0 Å². The Morgan fingerprint density at radius 3 is 2.54 bits per heavy atom. The van der Waals surface area contributed by atoms with Crippen molar-refractivity contribution in [2.45, 2.75) is 5.75 Å². The number of amides is 1. The fourth-order valence-corrected chi connectivity index (χ4v) is 3.05. The summed E-state index contributed by atoms with van der Waals surface area (Å²) in [5, 5.41) is 2.85. The highest BCUT2D eigenvalue weighted by Crippen LogP contribution is 2.25. The zero-order valence-electron chi connectivity index (χ0n) is 13.5. The van der Waals surface area contributed by atoms with Crippen molar-refractivity contribution in [1.29, 1.82) is 0 Å². The molecular weight excluding hydrogens is 390 g/mol. The topological polar surface area (TPSA) is 47.6 Å². The summed E-state index contributed by atoms with van der Waals surface area (Å²) in [5.74, 6) is 2.84. The largest absolute Gasteiger partial charge is 0.493 e. The maximum atomic E-state index is 11.8. The van der Waals surface area contributed by atoms with E-state index in [0.717, 1.165) is 16.0 Å². The zero-order chi connectivity index (χ0) is 17.2. The van der Waals surface area contributed by atoms with Crippen LogP contribution >= 0.6 is 27.7 Å². The van der Waals surface area contributed by atoms with Crippen LogP contribution in [0.25, 0.3) is 0 Å². The van der Waals surface area contributed by atoms with Gasteiger partial charge in [-0.25, -0.2) is 0 Å². The van der Waals surface area contributed by atoms with Crippen molar-refractivity contribution in [2.24, 2.45) is 0 Å². The number of benzene rings is 2. The molecule has 0 heterocycles. The van der Waals surface area contributed by atoms with E-state index in [4.69, 9.17) is 9.47 Å². The van der Waals surface area contributed by atoms with Gasteiger partial charge in [0.05, 0.1) is 7.11 Å². The highest BCUT2D eigenvalue weighted by Gasteiger charge is 2.06. The Labute approximate surface area is 155 Å². The maximum absolute atomic E-state index is 11.8. The highest BCUT2D eigenvalue weighted by molar-refractivity contribution is 9.10. The summed E-state index contributed by atoms with van der Waals surface area (Å²) >= 11 is 5.20. The first kappa shape index (κ1) is 18.7. The van der Waals surface area contributed by atoms with Crippen LogP contribution in [0.2, 0.25) is 0 Å². The average Bonchev–Trinajstić information content (AvgIpc) is 2.61. The number of hydrogen-bond acceptors (Lipinski definition) is 4. The number of methoxy groups -OCH3 is 1. The molecule has 0 radical (unpaired) electrons. The van der Waals surface area contributed by atoms with Gasteiger partial charge in [-0.05, 0) is 29.8 Å². The quantitative estimate of drug-likeness (QED) is 0.638. The minimum Gasteiger partial charge on any atom is -0.493 e. The molecule has 0 saturated heterocycles. The van der Waals surface area contributed by atoms with Gasteiger partial charge in [-0.1, -0.05) is 40.2 Å². The summed E-state index contributed by atoms with van der Waals surface area (Å²) in [7, 11) is 1.57. The molecule has 0 bridgehead atoms. The van der Waals surface area contributed by atoms with Gasteiger partial charge < -0.3 is 14.8 Å². The van der Waals surface area contributed by atoms with Crippen molar-refractivity contribution < 1.29 is 14.3 Å². The number of ether oxygens (including phenoxy) is 2. The van der Waals surface area contributed by atoms with Crippen molar-refractivity contribution in [3.05, 3.63) is 58.6 Å². The Hall–Kier alpha value is -1.66. The molecule has 0 aliphatic heterocycles. The van der Waals surface area contributed by atoms with Crippen molar-refractivity contribution >= 4 is 33.6 Å². The number of para-hydroxylation sites is 2. The van der Waals surface area contributed by atoms with Crippen LogP contribution in [-0.2, 0) is 10.5 Å². The number of carbonyl (C=O) groups excluding carboxylic acids is 1. The van der Waals surface area contributed by atoms with Crippen LogP contribution in [-0.4, -0.2) is 31.9 Å². The molecule has 0 unspecified atom stereocenters. The molecule has 0 aliphatic rings. The van der Waals surface area contributed by atoms with E-state index in [-0.39, 0.29) is 12.5 Å². The molecule has 128 valence electrons. The minimum absolute atomic E-state index is 0.0161. The van der Waals surface area contributed by atoms with E-state index in [2.05, 4.69) is 33.4 Å². The maximum Gasteiger partial charge on any atom is 0.257 e. The van der Waals surface area contributed by atoms with Gasteiger partial charge in [0, 0.05) is 22.5 Å². The van der Waals surface area contributed by atoms with Gasteiger partial charge in [-0.2, -0.15) is 11.8 Å². The van der Waals surface area contributed by atoms with Crippen molar-refractivity contribution in [3.63, 3.8) is 0 Å². The molecule has 0 atom stereocenters. The lowest BCUT2D eigenvalue weighted by Gasteiger charge is -2.10. The van der Waals surface area contributed by atoms with Gasteiger partial charge in [0.2, 0.25) is 0 Å². The number of thioether (sulfide) groups is 1. The number of halogens is 1. The lowest BCUT2D eigenvalue weighted by molar-refractivity contribution is -0.122. The van der Waals surface area contributed by atoms with E-state index in [1.165, 1.54) is 5.56 Å². The average molecular weight is 410 g/mol. The van der Waals surface area contributed by atoms with Crippen LogP contribution in [0, 0.1) is 0 Å². The molecule has 1 N–H and O–H groups in total. The molecular formula is C18H20BrNO3S. The second-order valence-corrected chi connectivity index (χ2v) is 6.99. The van der Waals surface area contributed by atoms with E-state index in [0.29, 0.717) is 18.0 Å². The summed E-state index contributed by atoms with van der Waals surface area (Å²) in [5.41, 5.74) is 1.27. The molecule has 4 nitrogen and oxygen atoms in total. The first-order chi connectivity index (χ1) is 11.7. The van der Waals surface area contributed by atoms with Gasteiger partial charge in [-0.3, -0.25) is 4.79 Å². The van der Waals surface area contributed by atoms with Crippen molar-refractivity contribution in [1.82, 2.24) is 5.32 Å². The Morgan fingerprint density at radius 2 is 1.83 bits per heavy atom. The molecule has 0 spiro atoms. The third-order valence-corrected chi connectivity index (χ3v) is 4.74. The fourth-order valence-electron chi connectivity index (χ4n) is 1.97. The highest BCUT2D eigenvalue weighted by atomic mass is 79.9. The predicted molar refractivity (Wildman–Crippen MR) is 102 cm³/mol. The van der Waals surface area contributed by atoms with Crippen LogP contribution in [0.3, 0.4) is 0 Å². The van der Waals surface area contributed by atoms with Gasteiger partial charge in [0.1, 0.15) is 0 Å². The normalized spacial score (nSPS) is 10.2. The third-order valence-electron chi connectivity index (χ3n) is 3.18. The molecule has 0 aliphatic carbocycles. The molecule has 0 fully saturated rings. The summed E-state index contributed by atoms with van der Waals surface area (Å²) in [4.78, 5) is 11.8. The molecule has 0 aromatic heterocycles. The van der Waals surface area contributed by atoms with Gasteiger partial charge in [-0.15, -0.1) is 0 Å². The second kappa shape index (κ2) is 10.3. The summed E-state index contributed by atoms with van der Waals surface area (Å²) in [6, 6.07) is 15.5. The monoisotopic (exact) mass is 409 g/mol. The van der Waals surface area contributed by atoms with E-state index in [1.54, 1.807) is 31.0 Å². The molecule has 0 saturated carbocycles. The summed E-state index contributed by atoms with van der Waals surface area (Å²) in [6.45, 7) is 0.604. The van der Waals surface area contributed by atoms with Gasteiger partial charge >= 0.3 is 0 Å². The van der Waals surface area contributed by atoms with Gasteiger partial charge in [0.25, 0.3) is 5.91 Å². The summed E-state index contributed by atoms with van der Waals surface area (Å²) in [6.07, 6.45) is 0. The smallest absolute Gasteiger partial charge is 0.257 e. The first-order valence-corrected chi connectivity index (χ1v) is 9.48. The Morgan fingerprint density at radius 1 is 1.12 bits per heavy atom. The fraction of sp³-hybridized carbons (Fsp3) is 0.278.